The van der Waals surface area contributed by atoms with Crippen molar-refractivity contribution in [2.45, 2.75) is 187 Å². The quantitative estimate of drug-likeness (QED) is 0.0479. The van der Waals surface area contributed by atoms with Gasteiger partial charge < -0.3 is 9.84 Å². The molecule has 0 heterocycles. The van der Waals surface area contributed by atoms with Crippen LogP contribution in [0.2, 0.25) is 0 Å². The number of carboxylic acid groups (broad SMARTS) is 1. The van der Waals surface area contributed by atoms with Crippen molar-refractivity contribution < 1.29 is 19.4 Å². The van der Waals surface area contributed by atoms with Gasteiger partial charge in [-0.1, -0.05) is 173 Å². The van der Waals surface area contributed by atoms with Crippen LogP contribution < -0.4 is 0 Å². The number of ether oxygens (including phenoxy) is 1. The lowest BCUT2D eigenvalue weighted by Gasteiger charge is -2.13. The van der Waals surface area contributed by atoms with Gasteiger partial charge in [0.1, 0.15) is 6.61 Å². The van der Waals surface area contributed by atoms with Gasteiger partial charge in [-0.15, -0.1) is 0 Å². The molecule has 0 bridgehead atoms. The second kappa shape index (κ2) is 32.9. The van der Waals surface area contributed by atoms with Gasteiger partial charge in [-0.25, -0.2) is 0 Å². The maximum absolute atomic E-state index is 12.0. The molecule has 0 aliphatic carbocycles. The molecule has 4 nitrogen and oxygen atoms in total. The van der Waals surface area contributed by atoms with E-state index in [2.05, 4.69) is 25.7 Å². The molecule has 1 N–H and O–H groups in total. The van der Waals surface area contributed by atoms with Crippen molar-refractivity contribution in [1.29, 1.82) is 0 Å². The highest BCUT2D eigenvalue weighted by atomic mass is 16.5. The van der Waals surface area contributed by atoms with Crippen LogP contribution in [0.4, 0.5) is 0 Å². The summed E-state index contributed by atoms with van der Waals surface area (Å²) in [5.74, 6) is -1.88. The summed E-state index contributed by atoms with van der Waals surface area (Å²) in [6.07, 6.45) is 41.5. The lowest BCUT2D eigenvalue weighted by molar-refractivity contribution is -0.152. The van der Waals surface area contributed by atoms with E-state index in [9.17, 15) is 9.59 Å². The zero-order valence-electron chi connectivity index (χ0n) is 27.2. The number of carbonyl (C=O) groups is 2. The number of carbonyl (C=O) groups excluding carboxylic acids is 1. The average Bonchev–Trinajstić information content (AvgIpc) is 2.96. The normalized spacial score (nSPS) is 12.1. The number of carboxylic acids is 1. The number of rotatable bonds is 33. The van der Waals surface area contributed by atoms with Crippen LogP contribution in [0.3, 0.4) is 0 Å². The molecule has 0 saturated heterocycles. The van der Waals surface area contributed by atoms with Gasteiger partial charge in [-0.3, -0.25) is 9.59 Å². The first-order chi connectivity index (χ1) is 20.1. The first-order valence-corrected chi connectivity index (χ1v) is 17.8. The van der Waals surface area contributed by atoms with E-state index < -0.39 is 17.9 Å². The molecule has 1 atom stereocenters. The minimum atomic E-state index is -0.941. The molecule has 240 valence electrons. The molecule has 0 aromatic rings. The van der Waals surface area contributed by atoms with Crippen molar-refractivity contribution in [2.24, 2.45) is 5.92 Å². The minimum absolute atomic E-state index is 0.145. The molecule has 41 heavy (non-hydrogen) atoms. The summed E-state index contributed by atoms with van der Waals surface area (Å²) in [6, 6.07) is 0. The van der Waals surface area contributed by atoms with Crippen LogP contribution in [0.1, 0.15) is 187 Å². The lowest BCUT2D eigenvalue weighted by atomic mass is 9.97. The fourth-order valence-corrected chi connectivity index (χ4v) is 5.53. The third kappa shape index (κ3) is 31.2. The highest BCUT2D eigenvalue weighted by Crippen LogP contribution is 2.18. The largest absolute Gasteiger partial charge is 0.481 e. The number of hydrogen-bond acceptors (Lipinski definition) is 3. The SMILES string of the molecule is C=CCOC(=O)C(CCCCCCCCCCCCCCCC/C=C/CCCCCCCCCCCC)CC(=O)O. The van der Waals surface area contributed by atoms with E-state index in [0.717, 1.165) is 19.3 Å². The predicted octanol–water partition coefficient (Wildman–Crippen LogP) is 11.9. The topological polar surface area (TPSA) is 63.6 Å². The second-order valence-corrected chi connectivity index (χ2v) is 12.2. The number of allylic oxidation sites excluding steroid dienone is 2. The van der Waals surface area contributed by atoms with E-state index >= 15 is 0 Å². The molecule has 1 unspecified atom stereocenters. The zero-order valence-corrected chi connectivity index (χ0v) is 27.2. The first kappa shape index (κ1) is 39.4. The highest BCUT2D eigenvalue weighted by molar-refractivity contribution is 5.79. The molecule has 0 aromatic carbocycles. The Kier molecular flexibility index (Phi) is 31.7. The number of esters is 1. The summed E-state index contributed by atoms with van der Waals surface area (Å²) < 4.78 is 5.04. The fourth-order valence-electron chi connectivity index (χ4n) is 5.53. The predicted molar refractivity (Wildman–Crippen MR) is 176 cm³/mol. The molecule has 0 rings (SSSR count). The number of unbranched alkanes of at least 4 members (excludes halogenated alkanes) is 24. The Morgan fingerprint density at radius 1 is 0.610 bits per heavy atom. The van der Waals surface area contributed by atoms with E-state index in [1.165, 1.54) is 154 Å². The molecule has 0 fully saturated rings. The highest BCUT2D eigenvalue weighted by Gasteiger charge is 2.22. The Labute approximate surface area is 255 Å². The van der Waals surface area contributed by atoms with Gasteiger partial charge in [-0.2, -0.15) is 0 Å². The summed E-state index contributed by atoms with van der Waals surface area (Å²) in [5.41, 5.74) is 0. The summed E-state index contributed by atoms with van der Waals surface area (Å²) in [6.45, 7) is 5.96. The van der Waals surface area contributed by atoms with Crippen LogP contribution in [0, 0.1) is 5.92 Å². The molecule has 0 aromatic heterocycles. The van der Waals surface area contributed by atoms with Crippen molar-refractivity contribution in [3.63, 3.8) is 0 Å². The third-order valence-electron chi connectivity index (χ3n) is 8.16. The molecular weight excluding hydrogens is 508 g/mol. The van der Waals surface area contributed by atoms with Gasteiger partial charge in [0.05, 0.1) is 12.3 Å². The Morgan fingerprint density at radius 2 is 0.976 bits per heavy atom. The van der Waals surface area contributed by atoms with E-state index in [1.807, 2.05) is 0 Å². The van der Waals surface area contributed by atoms with Crippen molar-refractivity contribution in [3.05, 3.63) is 24.8 Å². The minimum Gasteiger partial charge on any atom is -0.481 e. The molecule has 0 amide bonds. The van der Waals surface area contributed by atoms with Crippen molar-refractivity contribution in [1.82, 2.24) is 0 Å². The molecule has 0 saturated carbocycles. The van der Waals surface area contributed by atoms with Gasteiger partial charge >= 0.3 is 11.9 Å². The van der Waals surface area contributed by atoms with E-state index in [4.69, 9.17) is 9.84 Å². The Bertz CT molecular complexity index is 612. The Hall–Kier alpha value is -1.58. The van der Waals surface area contributed by atoms with Crippen LogP contribution in [-0.4, -0.2) is 23.7 Å². The monoisotopic (exact) mass is 577 g/mol. The maximum atomic E-state index is 12.0. The van der Waals surface area contributed by atoms with Crippen LogP contribution in [0.25, 0.3) is 0 Å². The summed E-state index contributed by atoms with van der Waals surface area (Å²) in [4.78, 5) is 23.0. The number of aliphatic carboxylic acids is 1. The molecule has 0 radical (unpaired) electrons. The molecule has 0 aliphatic rings. The summed E-state index contributed by atoms with van der Waals surface area (Å²) in [5, 5.41) is 9.03. The van der Waals surface area contributed by atoms with Gasteiger partial charge in [0.2, 0.25) is 0 Å². The Morgan fingerprint density at radius 3 is 1.34 bits per heavy atom. The van der Waals surface area contributed by atoms with Gasteiger partial charge in [0.15, 0.2) is 0 Å². The second-order valence-electron chi connectivity index (χ2n) is 12.2. The van der Waals surface area contributed by atoms with Crippen LogP contribution >= 0.6 is 0 Å². The van der Waals surface area contributed by atoms with E-state index in [1.54, 1.807) is 0 Å². The average molecular weight is 577 g/mol. The maximum Gasteiger partial charge on any atom is 0.309 e. The van der Waals surface area contributed by atoms with Gasteiger partial charge in [0.25, 0.3) is 0 Å². The third-order valence-corrected chi connectivity index (χ3v) is 8.16. The molecule has 4 heteroatoms. The van der Waals surface area contributed by atoms with E-state index in [0.29, 0.717) is 6.42 Å². The molecule has 0 aliphatic heterocycles. The van der Waals surface area contributed by atoms with Crippen LogP contribution in [0.5, 0.6) is 0 Å². The molecular formula is C37H68O4. The standard InChI is InChI=1S/C37H68O4/c1-3-5-6-7-8-9-10-11-12-13-14-15-16-17-18-19-20-21-22-23-24-25-26-27-28-29-30-31-32-35(34-36(38)39)37(40)41-33-4-2/h4,15-16,35H,2-3,5-14,17-34H2,1H3,(H,38,39)/b16-15+. The summed E-state index contributed by atoms with van der Waals surface area (Å²) in [7, 11) is 0. The smallest absolute Gasteiger partial charge is 0.309 e. The van der Waals surface area contributed by atoms with Gasteiger partial charge in [-0.05, 0) is 32.1 Å². The van der Waals surface area contributed by atoms with E-state index in [-0.39, 0.29) is 13.0 Å². The van der Waals surface area contributed by atoms with Crippen molar-refractivity contribution in [2.75, 3.05) is 6.61 Å². The van der Waals surface area contributed by atoms with Crippen molar-refractivity contribution in [3.8, 4) is 0 Å². The Balaban J connectivity index is 3.34. The number of hydrogen-bond donors (Lipinski definition) is 1. The zero-order chi connectivity index (χ0) is 30.1. The van der Waals surface area contributed by atoms with Crippen molar-refractivity contribution >= 4 is 11.9 Å². The first-order valence-electron chi connectivity index (χ1n) is 17.8. The van der Waals surface area contributed by atoms with Crippen LogP contribution in [-0.2, 0) is 14.3 Å². The van der Waals surface area contributed by atoms with Crippen LogP contribution in [0.15, 0.2) is 24.8 Å². The summed E-state index contributed by atoms with van der Waals surface area (Å²) >= 11 is 0. The van der Waals surface area contributed by atoms with Gasteiger partial charge in [0, 0.05) is 0 Å². The fraction of sp³-hybridized carbons (Fsp3) is 0.838. The molecule has 0 spiro atoms. The lowest BCUT2D eigenvalue weighted by Crippen LogP contribution is -2.21.